The Bertz CT molecular complexity index is 2150. The molecule has 40 heavy (non-hydrogen) atoms. The van der Waals surface area contributed by atoms with Gasteiger partial charge in [-0.3, -0.25) is 0 Å². The van der Waals surface area contributed by atoms with Crippen LogP contribution in [0.15, 0.2) is 136 Å². The molecule has 0 spiro atoms. The smallest absolute Gasteiger partial charge is 0.136 e. The van der Waals surface area contributed by atoms with Gasteiger partial charge in [-0.15, -0.1) is 0 Å². The quantitative estimate of drug-likeness (QED) is 0.186. The molecule has 0 amide bonds. The summed E-state index contributed by atoms with van der Waals surface area (Å²) in [5.74, 6) is 0. The van der Waals surface area contributed by atoms with Gasteiger partial charge in [0.15, 0.2) is 0 Å². The predicted molar refractivity (Wildman–Crippen MR) is 176 cm³/mol. The first-order valence-electron chi connectivity index (χ1n) is 13.8. The molecule has 2 heteroatoms. The van der Waals surface area contributed by atoms with E-state index in [1.54, 1.807) is 0 Å². The molecule has 0 radical (unpaired) electrons. The lowest BCUT2D eigenvalue weighted by atomic mass is 9.92. The Morgan fingerprint density at radius 2 is 0.875 bits per heavy atom. The van der Waals surface area contributed by atoms with Crippen molar-refractivity contribution < 1.29 is 4.42 Å². The van der Waals surface area contributed by atoms with Crippen LogP contribution in [-0.4, -0.2) is 0 Å². The Kier molecular flexibility index (Phi) is 6.14. The first kappa shape index (κ1) is 24.6. The predicted octanol–water partition coefficient (Wildman–Crippen LogP) is 12.2. The lowest BCUT2D eigenvalue weighted by Crippen LogP contribution is -1.85. The number of hydrogen-bond donors (Lipinski definition) is 0. The van der Waals surface area contributed by atoms with Crippen LogP contribution in [0.1, 0.15) is 13.8 Å². The normalized spacial score (nSPS) is 11.4. The van der Waals surface area contributed by atoms with Crippen LogP contribution < -0.4 is 0 Å². The van der Waals surface area contributed by atoms with Crippen molar-refractivity contribution in [1.29, 1.82) is 0 Å². The number of hydrogen-bond acceptors (Lipinski definition) is 1. The zero-order valence-electron chi connectivity index (χ0n) is 22.4. The lowest BCUT2D eigenvalue weighted by molar-refractivity contribution is 0.669. The van der Waals surface area contributed by atoms with Gasteiger partial charge in [0, 0.05) is 15.2 Å². The maximum atomic E-state index is 6.06. The molecule has 1 nitrogen and oxygen atoms in total. The highest BCUT2D eigenvalue weighted by Gasteiger charge is 2.12. The standard InChI is InChI=1S/C36H21BrO.C2H6/c37-33-10-5-11-35-36(33)32-21-25(17-19-34(32)38-35)23-14-12-22(13-15-23)24-16-18-30-28-8-2-1-6-26(28)27-7-3-4-9-29(27)31(30)20-24;1-2/h1-21H;1-2H3. The van der Waals surface area contributed by atoms with Gasteiger partial charge in [-0.05, 0) is 84.9 Å². The third-order valence-corrected chi connectivity index (χ3v) is 8.40. The Morgan fingerprint density at radius 3 is 1.48 bits per heavy atom. The van der Waals surface area contributed by atoms with Gasteiger partial charge < -0.3 is 4.42 Å². The van der Waals surface area contributed by atoms with Gasteiger partial charge >= 0.3 is 0 Å². The van der Waals surface area contributed by atoms with Crippen molar-refractivity contribution in [3.63, 3.8) is 0 Å². The van der Waals surface area contributed by atoms with Crippen LogP contribution in [0.3, 0.4) is 0 Å². The minimum Gasteiger partial charge on any atom is -0.456 e. The van der Waals surface area contributed by atoms with E-state index < -0.39 is 0 Å². The minimum absolute atomic E-state index is 0.901. The summed E-state index contributed by atoms with van der Waals surface area (Å²) in [7, 11) is 0. The van der Waals surface area contributed by atoms with Crippen LogP contribution >= 0.6 is 15.9 Å². The van der Waals surface area contributed by atoms with Crippen molar-refractivity contribution in [3.05, 3.63) is 132 Å². The van der Waals surface area contributed by atoms with Crippen molar-refractivity contribution in [3.8, 4) is 22.3 Å². The van der Waals surface area contributed by atoms with Crippen LogP contribution in [0.2, 0.25) is 0 Å². The highest BCUT2D eigenvalue weighted by molar-refractivity contribution is 9.10. The Morgan fingerprint density at radius 1 is 0.400 bits per heavy atom. The first-order valence-corrected chi connectivity index (χ1v) is 14.6. The summed E-state index contributed by atoms with van der Waals surface area (Å²) in [5, 5.41) is 10.1. The van der Waals surface area contributed by atoms with E-state index in [1.807, 2.05) is 26.0 Å². The van der Waals surface area contributed by atoms with Crippen LogP contribution in [0.4, 0.5) is 0 Å². The van der Waals surface area contributed by atoms with E-state index in [1.165, 1.54) is 54.6 Å². The molecule has 0 atom stereocenters. The molecule has 0 unspecified atom stereocenters. The Hall–Kier alpha value is -4.40. The van der Waals surface area contributed by atoms with E-state index in [0.29, 0.717) is 0 Å². The van der Waals surface area contributed by atoms with E-state index in [-0.39, 0.29) is 0 Å². The third kappa shape index (κ3) is 3.91. The van der Waals surface area contributed by atoms with Crippen molar-refractivity contribution in [1.82, 2.24) is 0 Å². The monoisotopic (exact) mass is 578 g/mol. The zero-order valence-corrected chi connectivity index (χ0v) is 24.0. The largest absolute Gasteiger partial charge is 0.456 e. The fourth-order valence-electron chi connectivity index (χ4n) is 5.91. The number of benzene rings is 7. The van der Waals surface area contributed by atoms with E-state index >= 15 is 0 Å². The molecule has 192 valence electrons. The molecule has 8 rings (SSSR count). The van der Waals surface area contributed by atoms with Crippen molar-refractivity contribution in [2.75, 3.05) is 0 Å². The number of fused-ring (bicyclic) bond motifs is 9. The average molecular weight is 580 g/mol. The van der Waals surface area contributed by atoms with Crippen LogP contribution in [0.5, 0.6) is 0 Å². The molecule has 0 fully saturated rings. The number of rotatable bonds is 2. The highest BCUT2D eigenvalue weighted by Crippen LogP contribution is 2.39. The Balaban J connectivity index is 0.00000130. The molecule has 0 saturated carbocycles. The van der Waals surface area contributed by atoms with Gasteiger partial charge in [-0.25, -0.2) is 0 Å². The summed E-state index contributed by atoms with van der Waals surface area (Å²) in [6, 6.07) is 45.8. The van der Waals surface area contributed by atoms with E-state index in [9.17, 15) is 0 Å². The summed E-state index contributed by atoms with van der Waals surface area (Å²) in [6.07, 6.45) is 0. The molecule has 1 heterocycles. The number of furan rings is 1. The summed E-state index contributed by atoms with van der Waals surface area (Å²) >= 11 is 3.70. The summed E-state index contributed by atoms with van der Waals surface area (Å²) in [4.78, 5) is 0. The molecule has 1 aromatic heterocycles. The molecule has 0 N–H and O–H groups in total. The molecular weight excluding hydrogens is 552 g/mol. The summed E-state index contributed by atoms with van der Waals surface area (Å²) in [6.45, 7) is 4.00. The van der Waals surface area contributed by atoms with Crippen molar-refractivity contribution in [2.45, 2.75) is 13.8 Å². The second-order valence-electron chi connectivity index (χ2n) is 9.85. The van der Waals surface area contributed by atoms with Gasteiger partial charge in [-0.2, -0.15) is 0 Å². The first-order chi connectivity index (χ1) is 19.7. The average Bonchev–Trinajstić information content (AvgIpc) is 3.41. The molecular formula is C38H27BrO. The third-order valence-electron chi connectivity index (χ3n) is 7.74. The molecule has 0 aliphatic rings. The van der Waals surface area contributed by atoms with Crippen LogP contribution in [-0.2, 0) is 0 Å². The van der Waals surface area contributed by atoms with E-state index in [4.69, 9.17) is 4.42 Å². The Labute approximate surface area is 241 Å². The van der Waals surface area contributed by atoms with Crippen molar-refractivity contribution in [2.24, 2.45) is 0 Å². The van der Waals surface area contributed by atoms with E-state index in [2.05, 4.69) is 131 Å². The highest BCUT2D eigenvalue weighted by atomic mass is 79.9. The van der Waals surface area contributed by atoms with Gasteiger partial charge in [0.1, 0.15) is 11.2 Å². The molecule has 0 saturated heterocycles. The second-order valence-corrected chi connectivity index (χ2v) is 10.7. The zero-order chi connectivity index (χ0) is 27.2. The molecule has 0 aliphatic heterocycles. The molecule has 0 bridgehead atoms. The van der Waals surface area contributed by atoms with Crippen molar-refractivity contribution >= 4 is 70.2 Å². The van der Waals surface area contributed by atoms with Gasteiger partial charge in [0.2, 0.25) is 0 Å². The summed E-state index contributed by atoms with van der Waals surface area (Å²) < 4.78 is 7.12. The van der Waals surface area contributed by atoms with Crippen LogP contribution in [0, 0.1) is 0 Å². The minimum atomic E-state index is 0.901. The second kappa shape index (κ2) is 9.97. The van der Waals surface area contributed by atoms with Gasteiger partial charge in [0.05, 0.1) is 0 Å². The van der Waals surface area contributed by atoms with E-state index in [0.717, 1.165) is 26.4 Å². The lowest BCUT2D eigenvalue weighted by Gasteiger charge is -2.12. The maximum Gasteiger partial charge on any atom is 0.136 e. The number of halogens is 1. The van der Waals surface area contributed by atoms with Crippen LogP contribution in [0.25, 0.3) is 76.5 Å². The van der Waals surface area contributed by atoms with Gasteiger partial charge in [-0.1, -0.05) is 127 Å². The molecule has 8 aromatic rings. The molecule has 7 aromatic carbocycles. The molecule has 0 aliphatic carbocycles. The fraction of sp³-hybridized carbons (Fsp3) is 0.0526. The SMILES string of the molecule is Brc1cccc2oc3ccc(-c4ccc(-c5ccc6c7ccccc7c7ccccc7c6c5)cc4)cc3c12.CC. The van der Waals surface area contributed by atoms with Gasteiger partial charge in [0.25, 0.3) is 0 Å². The fourth-order valence-corrected chi connectivity index (χ4v) is 6.47. The summed E-state index contributed by atoms with van der Waals surface area (Å²) in [5.41, 5.74) is 6.62. The maximum absolute atomic E-state index is 6.06. The topological polar surface area (TPSA) is 13.1 Å².